The molecular formula is C17H23Cl. The lowest BCUT2D eigenvalue weighted by Crippen LogP contribution is -2.26. The van der Waals surface area contributed by atoms with Gasteiger partial charge in [0, 0.05) is 0 Å². The average Bonchev–Trinajstić information content (AvgIpc) is 2.72. The van der Waals surface area contributed by atoms with Crippen LogP contribution in [-0.4, -0.2) is 0 Å². The average molecular weight is 263 g/mol. The summed E-state index contributed by atoms with van der Waals surface area (Å²) in [7, 11) is 0. The van der Waals surface area contributed by atoms with E-state index < -0.39 is 0 Å². The molecule has 2 aliphatic rings. The fourth-order valence-corrected chi connectivity index (χ4v) is 4.05. The topological polar surface area (TPSA) is 0 Å². The molecule has 0 bridgehead atoms. The van der Waals surface area contributed by atoms with Crippen molar-refractivity contribution in [3.8, 4) is 0 Å². The lowest BCUT2D eigenvalue weighted by molar-refractivity contribution is 0.252. The van der Waals surface area contributed by atoms with Gasteiger partial charge in [0.2, 0.25) is 0 Å². The molecule has 1 saturated carbocycles. The highest BCUT2D eigenvalue weighted by Crippen LogP contribution is 2.55. The third kappa shape index (κ3) is 2.01. The van der Waals surface area contributed by atoms with E-state index in [1.165, 1.54) is 37.7 Å². The first-order chi connectivity index (χ1) is 8.24. The molecule has 1 aromatic rings. The quantitative estimate of drug-likeness (QED) is 0.639. The highest BCUT2D eigenvalue weighted by atomic mass is 35.5. The fraction of sp³-hybridized carbons (Fsp3) is 0.529. The van der Waals surface area contributed by atoms with Crippen LogP contribution in [0.4, 0.5) is 0 Å². The largest absolute Gasteiger partial charge is 0.147 e. The van der Waals surface area contributed by atoms with Crippen molar-refractivity contribution >= 4 is 18.5 Å². The van der Waals surface area contributed by atoms with Gasteiger partial charge in [-0.1, -0.05) is 43.7 Å². The van der Waals surface area contributed by atoms with Gasteiger partial charge in [-0.3, -0.25) is 0 Å². The van der Waals surface area contributed by atoms with E-state index in [1.54, 1.807) is 11.1 Å². The van der Waals surface area contributed by atoms with E-state index in [-0.39, 0.29) is 12.4 Å². The van der Waals surface area contributed by atoms with Gasteiger partial charge in [-0.2, -0.15) is 0 Å². The second kappa shape index (κ2) is 5.09. The van der Waals surface area contributed by atoms with Crippen LogP contribution in [0.15, 0.2) is 24.3 Å². The lowest BCUT2D eigenvalue weighted by atomic mass is 9.66. The van der Waals surface area contributed by atoms with Crippen LogP contribution in [0.3, 0.4) is 0 Å². The Labute approximate surface area is 117 Å². The van der Waals surface area contributed by atoms with Gasteiger partial charge in [0.1, 0.15) is 0 Å². The SMILES string of the molecule is C/C=C\c1cccc2c1CC[C@@]1(C)CCC[C@@H]21.Cl. The summed E-state index contributed by atoms with van der Waals surface area (Å²) in [5.41, 5.74) is 5.35. The Morgan fingerprint density at radius 3 is 2.89 bits per heavy atom. The van der Waals surface area contributed by atoms with Crippen molar-refractivity contribution in [3.63, 3.8) is 0 Å². The van der Waals surface area contributed by atoms with Crippen molar-refractivity contribution < 1.29 is 0 Å². The summed E-state index contributed by atoms with van der Waals surface area (Å²) < 4.78 is 0. The van der Waals surface area contributed by atoms with Crippen molar-refractivity contribution in [3.05, 3.63) is 41.0 Å². The number of benzene rings is 1. The molecule has 2 aliphatic carbocycles. The summed E-state index contributed by atoms with van der Waals surface area (Å²) in [6, 6.07) is 6.91. The van der Waals surface area contributed by atoms with E-state index in [4.69, 9.17) is 0 Å². The van der Waals surface area contributed by atoms with Crippen molar-refractivity contribution in [1.82, 2.24) is 0 Å². The second-order valence-electron chi connectivity index (χ2n) is 6.01. The molecular weight excluding hydrogens is 240 g/mol. The zero-order valence-electron chi connectivity index (χ0n) is 11.4. The summed E-state index contributed by atoms with van der Waals surface area (Å²) in [5.74, 6) is 0.830. The van der Waals surface area contributed by atoms with E-state index in [0.29, 0.717) is 5.41 Å². The van der Waals surface area contributed by atoms with Crippen LogP contribution in [0.5, 0.6) is 0 Å². The number of hydrogen-bond donors (Lipinski definition) is 0. The van der Waals surface area contributed by atoms with E-state index in [9.17, 15) is 0 Å². The van der Waals surface area contributed by atoms with Gasteiger partial charge in [0.25, 0.3) is 0 Å². The first-order valence-electron chi connectivity index (χ1n) is 6.99. The van der Waals surface area contributed by atoms with Crippen LogP contribution >= 0.6 is 12.4 Å². The molecule has 0 nitrogen and oxygen atoms in total. The Hall–Kier alpha value is -0.750. The molecule has 98 valence electrons. The summed E-state index contributed by atoms with van der Waals surface area (Å²) in [6.07, 6.45) is 11.4. The minimum absolute atomic E-state index is 0. The molecule has 0 spiro atoms. The molecule has 0 amide bonds. The second-order valence-corrected chi connectivity index (χ2v) is 6.01. The van der Waals surface area contributed by atoms with Gasteiger partial charge in [-0.25, -0.2) is 0 Å². The Morgan fingerprint density at radius 2 is 2.11 bits per heavy atom. The zero-order chi connectivity index (χ0) is 11.9. The van der Waals surface area contributed by atoms with E-state index >= 15 is 0 Å². The molecule has 0 unspecified atom stereocenters. The molecule has 0 heterocycles. The van der Waals surface area contributed by atoms with Crippen LogP contribution in [0.25, 0.3) is 6.08 Å². The van der Waals surface area contributed by atoms with Crippen molar-refractivity contribution in [2.75, 3.05) is 0 Å². The van der Waals surface area contributed by atoms with Crippen molar-refractivity contribution in [2.45, 2.75) is 51.9 Å². The van der Waals surface area contributed by atoms with E-state index in [1.807, 2.05) is 0 Å². The first-order valence-corrected chi connectivity index (χ1v) is 6.99. The summed E-state index contributed by atoms with van der Waals surface area (Å²) in [4.78, 5) is 0. The van der Waals surface area contributed by atoms with Gasteiger partial charge in [-0.15, -0.1) is 12.4 Å². The number of allylic oxidation sites excluding steroid dienone is 1. The van der Waals surface area contributed by atoms with Gasteiger partial charge < -0.3 is 0 Å². The summed E-state index contributed by atoms with van der Waals surface area (Å²) in [6.45, 7) is 4.62. The third-order valence-electron chi connectivity index (χ3n) is 5.00. The van der Waals surface area contributed by atoms with Crippen LogP contribution in [0, 0.1) is 5.41 Å². The molecule has 2 atom stereocenters. The minimum atomic E-state index is 0. The van der Waals surface area contributed by atoms with Crippen LogP contribution in [-0.2, 0) is 6.42 Å². The molecule has 18 heavy (non-hydrogen) atoms. The molecule has 0 saturated heterocycles. The number of fused-ring (bicyclic) bond motifs is 3. The molecule has 0 radical (unpaired) electrons. The Kier molecular flexibility index (Phi) is 3.87. The maximum atomic E-state index is 2.51. The molecule has 0 N–H and O–H groups in total. The maximum absolute atomic E-state index is 2.51. The van der Waals surface area contributed by atoms with Crippen LogP contribution < -0.4 is 0 Å². The molecule has 1 fully saturated rings. The normalized spacial score (nSPS) is 29.8. The smallest absolute Gasteiger partial charge is 0.0105 e. The Bertz CT molecular complexity index is 461. The standard InChI is InChI=1S/C17H22.ClH/c1-3-6-13-7-4-8-15-14(13)10-12-17(2)11-5-9-16(15)17;/h3-4,6-8,16H,5,9-12H2,1-2H3;1H/b6-3-;/t16-,17+;/m0./s1. The van der Waals surface area contributed by atoms with Gasteiger partial charge in [0.05, 0.1) is 0 Å². The summed E-state index contributed by atoms with van der Waals surface area (Å²) in [5, 5.41) is 0. The first kappa shape index (κ1) is 13.7. The van der Waals surface area contributed by atoms with Gasteiger partial charge >= 0.3 is 0 Å². The molecule has 1 aromatic carbocycles. The van der Waals surface area contributed by atoms with Crippen LogP contribution in [0.1, 0.15) is 62.1 Å². The predicted octanol–water partition coefficient (Wildman–Crippen LogP) is 5.36. The van der Waals surface area contributed by atoms with Crippen molar-refractivity contribution in [2.24, 2.45) is 5.41 Å². The Balaban J connectivity index is 0.00000120. The predicted molar refractivity (Wildman–Crippen MR) is 81.4 cm³/mol. The van der Waals surface area contributed by atoms with Gasteiger partial charge in [0.15, 0.2) is 0 Å². The lowest BCUT2D eigenvalue weighted by Gasteiger charge is -2.38. The minimum Gasteiger partial charge on any atom is -0.147 e. The maximum Gasteiger partial charge on any atom is -0.0105 e. The number of rotatable bonds is 1. The van der Waals surface area contributed by atoms with Crippen LogP contribution in [0.2, 0.25) is 0 Å². The van der Waals surface area contributed by atoms with E-state index in [0.717, 1.165) is 5.92 Å². The highest BCUT2D eigenvalue weighted by Gasteiger charge is 2.42. The monoisotopic (exact) mass is 262 g/mol. The Morgan fingerprint density at radius 1 is 1.28 bits per heavy atom. The van der Waals surface area contributed by atoms with Gasteiger partial charge in [-0.05, 0) is 60.6 Å². The number of halogens is 1. The highest BCUT2D eigenvalue weighted by molar-refractivity contribution is 5.85. The molecule has 1 heteroatoms. The molecule has 0 aliphatic heterocycles. The fourth-order valence-electron chi connectivity index (χ4n) is 4.05. The zero-order valence-corrected chi connectivity index (χ0v) is 12.2. The van der Waals surface area contributed by atoms with Crippen molar-refractivity contribution in [1.29, 1.82) is 0 Å². The third-order valence-corrected chi connectivity index (χ3v) is 5.00. The molecule has 0 aromatic heterocycles. The molecule has 3 rings (SSSR count). The summed E-state index contributed by atoms with van der Waals surface area (Å²) >= 11 is 0. The number of hydrogen-bond acceptors (Lipinski definition) is 0. The van der Waals surface area contributed by atoms with E-state index in [2.05, 4.69) is 44.2 Å².